The molecule has 2 rings (SSSR count). The van der Waals surface area contributed by atoms with Crippen LogP contribution in [0, 0.1) is 0 Å². The van der Waals surface area contributed by atoms with Gasteiger partial charge in [0.25, 0.3) is 11.5 Å². The Balaban J connectivity index is 2.37. The quantitative estimate of drug-likeness (QED) is 0.782. The molecule has 1 aromatic heterocycles. The van der Waals surface area contributed by atoms with Crippen LogP contribution in [0.5, 0.6) is 11.5 Å². The molecule has 0 aliphatic rings. The van der Waals surface area contributed by atoms with Crippen LogP contribution in [0.3, 0.4) is 0 Å². The van der Waals surface area contributed by atoms with Gasteiger partial charge in [-0.15, -0.1) is 11.3 Å². The number of ether oxygens (including phenoxy) is 2. The van der Waals surface area contributed by atoms with Crippen LogP contribution in [0.15, 0.2) is 23.0 Å². The summed E-state index contributed by atoms with van der Waals surface area (Å²) in [6, 6.07) is 5.11. The number of hydrogen-bond acceptors (Lipinski definition) is 5. The maximum Gasteiger partial charge on any atom is 0.266 e. The van der Waals surface area contributed by atoms with Crippen LogP contribution in [0.2, 0.25) is 0 Å². The fourth-order valence-corrected chi connectivity index (χ4v) is 2.43. The van der Waals surface area contributed by atoms with Crippen molar-refractivity contribution in [2.24, 2.45) is 5.73 Å². The van der Waals surface area contributed by atoms with Gasteiger partial charge in [0.1, 0.15) is 0 Å². The second-order valence-electron chi connectivity index (χ2n) is 4.15. The monoisotopic (exact) mass is 306 g/mol. The third-order valence-corrected chi connectivity index (χ3v) is 3.44. The largest absolute Gasteiger partial charge is 0.493 e. The minimum atomic E-state index is -0.569. The first kappa shape index (κ1) is 14.9. The summed E-state index contributed by atoms with van der Waals surface area (Å²) in [5.41, 5.74) is 5.62. The SMILES string of the molecule is C=c1[nH]c(=O)/c(=C/c2ccc(OCC(N)=O)c(OC)c2)s1. The van der Waals surface area contributed by atoms with Crippen molar-refractivity contribution in [3.8, 4) is 11.5 Å². The van der Waals surface area contributed by atoms with Crippen LogP contribution in [0.1, 0.15) is 5.56 Å². The van der Waals surface area contributed by atoms with E-state index < -0.39 is 5.91 Å². The molecule has 0 aliphatic heterocycles. The summed E-state index contributed by atoms with van der Waals surface area (Å²) >= 11 is 1.27. The first-order valence-electron chi connectivity index (χ1n) is 5.98. The van der Waals surface area contributed by atoms with E-state index in [0.717, 1.165) is 5.56 Å². The Hall–Kier alpha value is -2.54. The van der Waals surface area contributed by atoms with Gasteiger partial charge in [-0.2, -0.15) is 0 Å². The lowest BCUT2D eigenvalue weighted by atomic mass is 10.2. The highest BCUT2D eigenvalue weighted by atomic mass is 32.1. The molecule has 0 saturated carbocycles. The lowest BCUT2D eigenvalue weighted by Gasteiger charge is -2.09. The molecule has 0 saturated heterocycles. The fourth-order valence-electron chi connectivity index (χ4n) is 1.68. The summed E-state index contributed by atoms with van der Waals surface area (Å²) in [5, 5.41) is 0. The van der Waals surface area contributed by atoms with E-state index in [-0.39, 0.29) is 12.2 Å². The molecular formula is C14H14N2O4S. The summed E-state index contributed by atoms with van der Waals surface area (Å²) in [7, 11) is 1.49. The van der Waals surface area contributed by atoms with Crippen molar-refractivity contribution >= 4 is 29.9 Å². The number of carbonyl (C=O) groups is 1. The molecule has 7 heteroatoms. The van der Waals surface area contributed by atoms with Gasteiger partial charge >= 0.3 is 0 Å². The number of nitrogens with two attached hydrogens (primary N) is 1. The number of amides is 1. The number of benzene rings is 1. The van der Waals surface area contributed by atoms with Crippen molar-refractivity contribution < 1.29 is 14.3 Å². The Morgan fingerprint density at radius 2 is 2.24 bits per heavy atom. The molecule has 0 fully saturated rings. The van der Waals surface area contributed by atoms with Crippen molar-refractivity contribution in [2.45, 2.75) is 0 Å². The molecule has 0 bridgehead atoms. The molecule has 3 N–H and O–H groups in total. The Bertz CT molecular complexity index is 822. The minimum absolute atomic E-state index is 0.182. The molecule has 0 unspecified atom stereocenters. The van der Waals surface area contributed by atoms with E-state index in [4.69, 9.17) is 15.2 Å². The number of primary amides is 1. The number of nitrogens with one attached hydrogen (secondary N) is 1. The number of aromatic nitrogens is 1. The number of H-pyrrole nitrogens is 1. The van der Waals surface area contributed by atoms with E-state index in [0.29, 0.717) is 20.7 Å². The van der Waals surface area contributed by atoms with Crippen LogP contribution in [0.4, 0.5) is 0 Å². The van der Waals surface area contributed by atoms with Crippen LogP contribution >= 0.6 is 11.3 Å². The zero-order chi connectivity index (χ0) is 15.4. The molecule has 21 heavy (non-hydrogen) atoms. The molecule has 1 amide bonds. The van der Waals surface area contributed by atoms with Crippen molar-refractivity contribution in [1.29, 1.82) is 0 Å². The molecule has 1 aromatic carbocycles. The number of methoxy groups -OCH3 is 1. The van der Waals surface area contributed by atoms with Gasteiger partial charge in [0, 0.05) is 0 Å². The van der Waals surface area contributed by atoms with Gasteiger partial charge in [0.05, 0.1) is 16.3 Å². The topological polar surface area (TPSA) is 94.4 Å². The second kappa shape index (κ2) is 6.27. The van der Waals surface area contributed by atoms with Gasteiger partial charge in [-0.05, 0) is 23.8 Å². The van der Waals surface area contributed by atoms with E-state index in [1.165, 1.54) is 18.4 Å². The smallest absolute Gasteiger partial charge is 0.266 e. The van der Waals surface area contributed by atoms with Gasteiger partial charge in [0.2, 0.25) is 0 Å². The van der Waals surface area contributed by atoms with E-state index in [9.17, 15) is 9.59 Å². The fraction of sp³-hybridized carbons (Fsp3) is 0.143. The lowest BCUT2D eigenvalue weighted by Crippen LogP contribution is -2.20. The second-order valence-corrected chi connectivity index (χ2v) is 5.29. The van der Waals surface area contributed by atoms with Crippen molar-refractivity contribution in [1.82, 2.24) is 4.98 Å². The minimum Gasteiger partial charge on any atom is -0.493 e. The van der Waals surface area contributed by atoms with Crippen LogP contribution in [-0.4, -0.2) is 24.6 Å². The van der Waals surface area contributed by atoms with E-state index in [2.05, 4.69) is 11.6 Å². The normalized spacial score (nSPS) is 11.4. The number of hydrogen-bond donors (Lipinski definition) is 2. The molecule has 2 aromatic rings. The molecule has 1 heterocycles. The molecule has 6 nitrogen and oxygen atoms in total. The predicted octanol–water partition coefficient (Wildman–Crippen LogP) is -0.452. The zero-order valence-corrected chi connectivity index (χ0v) is 12.2. The van der Waals surface area contributed by atoms with Crippen LogP contribution < -0.4 is 30.0 Å². The first-order valence-corrected chi connectivity index (χ1v) is 6.80. The van der Waals surface area contributed by atoms with E-state index in [1.807, 2.05) is 0 Å². The number of carbonyl (C=O) groups excluding carboxylic acids is 1. The maximum absolute atomic E-state index is 11.6. The van der Waals surface area contributed by atoms with Gasteiger partial charge in [-0.3, -0.25) is 9.59 Å². The number of thiazole rings is 1. The Kier molecular flexibility index (Phi) is 4.44. The van der Waals surface area contributed by atoms with E-state index in [1.54, 1.807) is 24.3 Å². The standard InChI is InChI=1S/C14H14N2O4S/c1-8-16-14(18)12(21-8)6-9-3-4-10(11(5-9)19-2)20-7-13(15)17/h3-6H,1,7H2,2H3,(H2,15,17)(H,16,18)/b12-6-. The third kappa shape index (κ3) is 3.73. The van der Waals surface area contributed by atoms with Gasteiger partial charge in [-0.1, -0.05) is 12.6 Å². The molecule has 0 aliphatic carbocycles. The van der Waals surface area contributed by atoms with Gasteiger partial charge in [0.15, 0.2) is 18.1 Å². The molecule has 0 atom stereocenters. The van der Waals surface area contributed by atoms with Gasteiger partial charge < -0.3 is 20.2 Å². The highest BCUT2D eigenvalue weighted by Gasteiger charge is 2.06. The van der Waals surface area contributed by atoms with Crippen molar-refractivity contribution in [3.63, 3.8) is 0 Å². The highest BCUT2D eigenvalue weighted by molar-refractivity contribution is 7.07. The summed E-state index contributed by atoms with van der Waals surface area (Å²) < 4.78 is 11.6. The zero-order valence-electron chi connectivity index (χ0n) is 11.3. The summed E-state index contributed by atoms with van der Waals surface area (Å²) in [6.45, 7) is 3.46. The Labute approximate surface area is 124 Å². The predicted molar refractivity (Wildman–Crippen MR) is 81.0 cm³/mol. The lowest BCUT2D eigenvalue weighted by molar-refractivity contribution is -0.119. The van der Waals surface area contributed by atoms with Crippen molar-refractivity contribution in [2.75, 3.05) is 13.7 Å². The summed E-state index contributed by atoms with van der Waals surface area (Å²) in [5.74, 6) is 0.292. The van der Waals surface area contributed by atoms with Crippen molar-refractivity contribution in [3.05, 3.63) is 43.3 Å². The third-order valence-electron chi connectivity index (χ3n) is 2.57. The first-order chi connectivity index (χ1) is 9.99. The number of rotatable bonds is 5. The van der Waals surface area contributed by atoms with Crippen LogP contribution in [0.25, 0.3) is 12.7 Å². The number of aromatic amines is 1. The average molecular weight is 306 g/mol. The Morgan fingerprint density at radius 3 is 2.81 bits per heavy atom. The highest BCUT2D eigenvalue weighted by Crippen LogP contribution is 2.28. The summed E-state index contributed by atoms with van der Waals surface area (Å²) in [4.78, 5) is 25.0. The molecule has 110 valence electrons. The summed E-state index contributed by atoms with van der Waals surface area (Å²) in [6.07, 6.45) is 1.72. The van der Waals surface area contributed by atoms with Gasteiger partial charge in [-0.25, -0.2) is 0 Å². The molecular weight excluding hydrogens is 292 g/mol. The van der Waals surface area contributed by atoms with Crippen LogP contribution in [-0.2, 0) is 4.79 Å². The Morgan fingerprint density at radius 1 is 1.48 bits per heavy atom. The molecule has 0 spiro atoms. The average Bonchev–Trinajstić information content (AvgIpc) is 2.75. The maximum atomic E-state index is 11.6. The van der Waals surface area contributed by atoms with E-state index >= 15 is 0 Å². The molecule has 0 radical (unpaired) electrons.